The van der Waals surface area contributed by atoms with E-state index < -0.39 is 47.6 Å². The van der Waals surface area contributed by atoms with E-state index in [4.69, 9.17) is 4.74 Å². The molecule has 3 aromatic carbocycles. The summed E-state index contributed by atoms with van der Waals surface area (Å²) >= 11 is 2.48. The molecule has 17 heteroatoms. The van der Waals surface area contributed by atoms with E-state index in [2.05, 4.69) is 37.6 Å². The first-order chi connectivity index (χ1) is 27.8. The molecule has 0 radical (unpaired) electrons. The minimum Gasteiger partial charge on any atom is -0.480 e. The smallest absolute Gasteiger partial charge is 0.416 e. The number of hydrogen-bond acceptors (Lipinski definition) is 10. The molecule has 0 saturated carbocycles. The van der Waals surface area contributed by atoms with Gasteiger partial charge in [0.2, 0.25) is 11.8 Å². The van der Waals surface area contributed by atoms with Gasteiger partial charge < -0.3 is 25.6 Å². The molecule has 2 atom stereocenters. The summed E-state index contributed by atoms with van der Waals surface area (Å²) < 4.78 is 44.9. The van der Waals surface area contributed by atoms with E-state index >= 15 is 0 Å². The van der Waals surface area contributed by atoms with Crippen molar-refractivity contribution in [2.24, 2.45) is 0 Å². The van der Waals surface area contributed by atoms with Gasteiger partial charge in [0.1, 0.15) is 22.1 Å². The van der Waals surface area contributed by atoms with Crippen LogP contribution in [0, 0.1) is 0 Å². The van der Waals surface area contributed by atoms with Gasteiger partial charge in [-0.15, -0.1) is 22.7 Å². The highest BCUT2D eigenvalue weighted by atomic mass is 32.1. The molecule has 3 heterocycles. The molecule has 6 rings (SSSR count). The van der Waals surface area contributed by atoms with E-state index in [-0.39, 0.29) is 48.4 Å². The standard InChI is InChI=1S/C41H40F3N5O7S2/c42-41(43,44)30-9-3-8-29(19-30)38-46-32(24-58-38)21-36(51)48-34(40(54)55)18-26-5-1-4-25(16-26)10-11-33(39(52)53)47-35(50)20-31-23-57-37(45-31)28-7-2-6-27(17-28)22-49-12-14-56-15-13-49/h1-9,16-17,19,23-24,33-34H,10-15,18,20-22H2,(H,47,50)(H,48,51)(H,52,53)(H,54,55)/t33?,34-/m1/s1. The Labute approximate surface area is 339 Å². The lowest BCUT2D eigenvalue weighted by Crippen LogP contribution is -2.43. The molecule has 0 bridgehead atoms. The van der Waals surface area contributed by atoms with Crippen LogP contribution in [0.3, 0.4) is 0 Å². The molecule has 58 heavy (non-hydrogen) atoms. The number of aliphatic carboxylic acids is 2. The maximum absolute atomic E-state index is 13.2. The number of carboxylic acid groups (broad SMARTS) is 2. The Kier molecular flexibility index (Phi) is 14.0. The molecule has 1 aliphatic heterocycles. The summed E-state index contributed by atoms with van der Waals surface area (Å²) in [4.78, 5) is 61.3. The zero-order chi connectivity index (χ0) is 41.2. The van der Waals surface area contributed by atoms with Crippen LogP contribution in [-0.4, -0.2) is 87.2 Å². The molecule has 4 N–H and O–H groups in total. The van der Waals surface area contributed by atoms with Crippen LogP contribution in [0.1, 0.15) is 40.1 Å². The predicted molar refractivity (Wildman–Crippen MR) is 211 cm³/mol. The van der Waals surface area contributed by atoms with Crippen molar-refractivity contribution in [3.05, 3.63) is 117 Å². The molecule has 304 valence electrons. The predicted octanol–water partition coefficient (Wildman–Crippen LogP) is 5.88. The van der Waals surface area contributed by atoms with Crippen LogP contribution in [0.25, 0.3) is 21.1 Å². The Morgan fingerprint density at radius 3 is 1.91 bits per heavy atom. The van der Waals surface area contributed by atoms with E-state index in [1.807, 2.05) is 12.1 Å². The van der Waals surface area contributed by atoms with Gasteiger partial charge in [0.05, 0.1) is 43.0 Å². The van der Waals surface area contributed by atoms with Crippen molar-refractivity contribution in [1.82, 2.24) is 25.5 Å². The number of ether oxygens (including phenoxy) is 1. The third-order valence-corrected chi connectivity index (χ3v) is 11.2. The number of amides is 2. The molecular weight excluding hydrogens is 796 g/mol. The maximum Gasteiger partial charge on any atom is 0.416 e. The van der Waals surface area contributed by atoms with Gasteiger partial charge in [-0.25, -0.2) is 19.6 Å². The van der Waals surface area contributed by atoms with Gasteiger partial charge in [-0.05, 0) is 47.7 Å². The first-order valence-electron chi connectivity index (χ1n) is 18.4. The van der Waals surface area contributed by atoms with E-state index in [1.54, 1.807) is 29.6 Å². The molecule has 0 spiro atoms. The maximum atomic E-state index is 13.2. The van der Waals surface area contributed by atoms with Gasteiger partial charge in [-0.3, -0.25) is 14.5 Å². The number of rotatable bonds is 17. The third kappa shape index (κ3) is 12.0. The third-order valence-electron chi connectivity index (χ3n) is 9.33. The quantitative estimate of drug-likeness (QED) is 0.0887. The number of aromatic nitrogens is 2. The van der Waals surface area contributed by atoms with E-state index in [9.17, 15) is 42.6 Å². The number of aryl methyl sites for hydroxylation is 1. The molecule has 0 aliphatic carbocycles. The number of morpholine rings is 1. The Bertz CT molecular complexity index is 2240. The second-order valence-corrected chi connectivity index (χ2v) is 15.5. The van der Waals surface area contributed by atoms with Gasteiger partial charge >= 0.3 is 18.1 Å². The lowest BCUT2D eigenvalue weighted by molar-refractivity contribution is -0.142. The zero-order valence-electron chi connectivity index (χ0n) is 31.0. The van der Waals surface area contributed by atoms with Crippen molar-refractivity contribution in [3.8, 4) is 21.1 Å². The second-order valence-electron chi connectivity index (χ2n) is 13.8. The Hall–Kier alpha value is -5.49. The van der Waals surface area contributed by atoms with Crippen molar-refractivity contribution in [2.75, 3.05) is 26.3 Å². The average molecular weight is 836 g/mol. The van der Waals surface area contributed by atoms with Crippen molar-refractivity contribution in [2.45, 2.75) is 56.9 Å². The van der Waals surface area contributed by atoms with Crippen LogP contribution in [-0.2, 0) is 62.3 Å². The average Bonchev–Trinajstić information content (AvgIpc) is 3.86. The van der Waals surface area contributed by atoms with Gasteiger partial charge in [0.25, 0.3) is 0 Å². The summed E-state index contributed by atoms with van der Waals surface area (Å²) in [6.45, 7) is 3.98. The molecule has 2 aromatic heterocycles. The minimum atomic E-state index is -4.52. The molecule has 5 aromatic rings. The molecular formula is C41H40F3N5O7S2. The second kappa shape index (κ2) is 19.3. The first kappa shape index (κ1) is 42.1. The van der Waals surface area contributed by atoms with Gasteiger partial charge in [0.15, 0.2) is 0 Å². The summed E-state index contributed by atoms with van der Waals surface area (Å²) in [6, 6.07) is 17.2. The summed E-state index contributed by atoms with van der Waals surface area (Å²) in [5.41, 5.74) is 3.60. The van der Waals surface area contributed by atoms with E-state index in [0.29, 0.717) is 30.0 Å². The number of alkyl halides is 3. The van der Waals surface area contributed by atoms with Crippen molar-refractivity contribution < 1.29 is 47.3 Å². The summed E-state index contributed by atoms with van der Waals surface area (Å²) in [6.07, 6.45) is -4.65. The van der Waals surface area contributed by atoms with Crippen LogP contribution in [0.5, 0.6) is 0 Å². The number of benzene rings is 3. The fourth-order valence-corrected chi connectivity index (χ4v) is 8.06. The number of hydrogen-bond donors (Lipinski definition) is 4. The highest BCUT2D eigenvalue weighted by molar-refractivity contribution is 7.13. The van der Waals surface area contributed by atoms with Crippen LogP contribution < -0.4 is 10.6 Å². The number of carbonyl (C=O) groups excluding carboxylic acids is 2. The lowest BCUT2D eigenvalue weighted by atomic mass is 9.99. The number of nitrogens with zero attached hydrogens (tertiary/aromatic N) is 3. The van der Waals surface area contributed by atoms with Gasteiger partial charge in [-0.2, -0.15) is 13.2 Å². The van der Waals surface area contributed by atoms with Crippen molar-refractivity contribution in [3.63, 3.8) is 0 Å². The van der Waals surface area contributed by atoms with Crippen LogP contribution in [0.4, 0.5) is 13.2 Å². The SMILES string of the molecule is O=C(Cc1csc(-c2cccc(CN3CCOCC3)c2)n1)NC(CCc1cccc(C[C@@H](NC(=O)Cc2csc(-c3cccc(C(F)(F)F)c3)n2)C(=O)O)c1)C(=O)O. The molecule has 1 fully saturated rings. The molecule has 1 aliphatic rings. The number of carbonyl (C=O) groups is 4. The Morgan fingerprint density at radius 1 is 0.741 bits per heavy atom. The Morgan fingerprint density at radius 2 is 1.29 bits per heavy atom. The number of nitrogens with one attached hydrogen (secondary N) is 2. The van der Waals surface area contributed by atoms with Crippen LogP contribution in [0.15, 0.2) is 83.6 Å². The van der Waals surface area contributed by atoms with Crippen LogP contribution in [0.2, 0.25) is 0 Å². The number of thiazole rings is 2. The highest BCUT2D eigenvalue weighted by Crippen LogP contribution is 2.33. The first-order valence-corrected chi connectivity index (χ1v) is 20.1. The minimum absolute atomic E-state index is 0.0675. The van der Waals surface area contributed by atoms with E-state index in [1.165, 1.54) is 28.8 Å². The highest BCUT2D eigenvalue weighted by Gasteiger charge is 2.31. The van der Waals surface area contributed by atoms with Crippen molar-refractivity contribution >= 4 is 46.4 Å². The fourth-order valence-electron chi connectivity index (χ4n) is 6.43. The molecule has 1 saturated heterocycles. The van der Waals surface area contributed by atoms with Gasteiger partial charge in [-0.1, -0.05) is 54.6 Å². The fraction of sp³-hybridized carbons (Fsp3) is 0.317. The van der Waals surface area contributed by atoms with Crippen molar-refractivity contribution in [1.29, 1.82) is 0 Å². The largest absolute Gasteiger partial charge is 0.480 e. The monoisotopic (exact) mass is 835 g/mol. The van der Waals surface area contributed by atoms with Gasteiger partial charge in [0, 0.05) is 47.9 Å². The zero-order valence-corrected chi connectivity index (χ0v) is 32.7. The molecule has 12 nitrogen and oxygen atoms in total. The lowest BCUT2D eigenvalue weighted by Gasteiger charge is -2.26. The number of carboxylic acids is 2. The molecule has 2 amide bonds. The summed E-state index contributed by atoms with van der Waals surface area (Å²) in [5.74, 6) is -3.59. The topological polar surface area (TPSA) is 171 Å². The van der Waals surface area contributed by atoms with E-state index in [0.717, 1.165) is 59.2 Å². The number of halogens is 3. The van der Waals surface area contributed by atoms with Crippen LogP contribution >= 0.6 is 22.7 Å². The Balaban J connectivity index is 0.992. The summed E-state index contributed by atoms with van der Waals surface area (Å²) in [5, 5.41) is 29.2. The summed E-state index contributed by atoms with van der Waals surface area (Å²) in [7, 11) is 0. The normalized spacial score (nSPS) is 14.4. The molecule has 1 unspecified atom stereocenters.